The summed E-state index contributed by atoms with van der Waals surface area (Å²) < 4.78 is 10.5. The summed E-state index contributed by atoms with van der Waals surface area (Å²) in [7, 11) is 0. The van der Waals surface area contributed by atoms with Crippen molar-refractivity contribution in [3.05, 3.63) is 71.8 Å². The van der Waals surface area contributed by atoms with Gasteiger partial charge in [0.05, 0.1) is 6.10 Å². The summed E-state index contributed by atoms with van der Waals surface area (Å²) in [6.07, 6.45) is -0.901. The maximum absolute atomic E-state index is 12.4. The molecular formula is C25H24O10. The van der Waals surface area contributed by atoms with Crippen molar-refractivity contribution >= 4 is 30.1 Å². The number of hydrogen-bond donors (Lipinski definition) is 5. The van der Waals surface area contributed by atoms with Gasteiger partial charge in [-0.1, -0.05) is 24.3 Å². The van der Waals surface area contributed by atoms with E-state index in [0.717, 1.165) is 12.2 Å². The third-order valence-corrected chi connectivity index (χ3v) is 5.36. The first kappa shape index (κ1) is 25.5. The van der Waals surface area contributed by atoms with Crippen molar-refractivity contribution in [2.24, 2.45) is 0 Å². The van der Waals surface area contributed by atoms with Gasteiger partial charge in [-0.05, 0) is 47.5 Å². The molecule has 1 fully saturated rings. The van der Waals surface area contributed by atoms with Crippen molar-refractivity contribution in [3.63, 3.8) is 0 Å². The SMILES string of the molecule is O=C(/C=C/c1ccc(O)cc1)O[C@H]1[C@@H](OC(=O)/C=C/c2ccc(O)cc2)C[C@](O)(C(=O)O)C[C@@H]1O. The number of benzene rings is 2. The van der Waals surface area contributed by atoms with Crippen LogP contribution < -0.4 is 0 Å². The van der Waals surface area contributed by atoms with Gasteiger partial charge in [0, 0.05) is 25.0 Å². The second-order valence-corrected chi connectivity index (χ2v) is 8.04. The fourth-order valence-corrected chi connectivity index (χ4v) is 3.54. The van der Waals surface area contributed by atoms with E-state index in [-0.39, 0.29) is 11.5 Å². The lowest BCUT2D eigenvalue weighted by Gasteiger charge is -2.40. The Kier molecular flexibility index (Phi) is 7.90. The second-order valence-electron chi connectivity index (χ2n) is 8.04. The first-order valence-corrected chi connectivity index (χ1v) is 10.5. The number of carbonyl (C=O) groups excluding carboxylic acids is 2. The number of carbonyl (C=O) groups is 3. The van der Waals surface area contributed by atoms with E-state index in [4.69, 9.17) is 9.47 Å². The lowest BCUT2D eigenvalue weighted by molar-refractivity contribution is -0.204. The van der Waals surface area contributed by atoms with E-state index in [1.54, 1.807) is 12.1 Å². The summed E-state index contributed by atoms with van der Waals surface area (Å²) >= 11 is 0. The van der Waals surface area contributed by atoms with Crippen LogP contribution in [0, 0.1) is 0 Å². The number of phenols is 2. The molecule has 0 amide bonds. The molecular weight excluding hydrogens is 460 g/mol. The van der Waals surface area contributed by atoms with Gasteiger partial charge in [0.1, 0.15) is 17.6 Å². The Balaban J connectivity index is 1.73. The van der Waals surface area contributed by atoms with Crippen LogP contribution in [0.3, 0.4) is 0 Å². The number of esters is 2. The van der Waals surface area contributed by atoms with Crippen LogP contribution in [-0.4, -0.2) is 67.4 Å². The molecule has 10 heteroatoms. The zero-order chi connectivity index (χ0) is 25.6. The van der Waals surface area contributed by atoms with Gasteiger partial charge in [-0.25, -0.2) is 14.4 Å². The highest BCUT2D eigenvalue weighted by atomic mass is 16.6. The summed E-state index contributed by atoms with van der Waals surface area (Å²) in [6.45, 7) is 0. The molecule has 0 aliphatic heterocycles. The van der Waals surface area contributed by atoms with Crippen molar-refractivity contribution in [2.45, 2.75) is 36.8 Å². The summed E-state index contributed by atoms with van der Waals surface area (Å²) in [4.78, 5) is 36.2. The normalized spacial score (nSPS) is 24.3. The minimum absolute atomic E-state index is 0.0398. The molecule has 3 rings (SSSR count). The van der Waals surface area contributed by atoms with Crippen LogP contribution >= 0.6 is 0 Å². The standard InChI is InChI=1S/C25H24O10/c26-17-7-1-15(2-8-17)5-11-21(29)34-20-14-25(33,24(31)32)13-19(28)23(20)35-22(30)12-6-16-3-9-18(27)10-4-16/h1-12,19-20,23,26-28,33H,13-14H2,(H,31,32)/b11-5+,12-6+/t19-,20-,23+,25-/m0/s1. The molecule has 0 heterocycles. The Bertz CT molecular complexity index is 1120. The van der Waals surface area contributed by atoms with Crippen LogP contribution in [0.5, 0.6) is 11.5 Å². The fourth-order valence-electron chi connectivity index (χ4n) is 3.54. The lowest BCUT2D eigenvalue weighted by Crippen LogP contribution is -2.58. The number of hydrogen-bond acceptors (Lipinski definition) is 9. The Morgan fingerprint density at radius 1 is 0.800 bits per heavy atom. The van der Waals surface area contributed by atoms with E-state index in [0.29, 0.717) is 11.1 Å². The summed E-state index contributed by atoms with van der Waals surface area (Å²) in [5.74, 6) is -3.36. The molecule has 2 aromatic rings. The van der Waals surface area contributed by atoms with Gasteiger partial charge in [-0.15, -0.1) is 0 Å². The van der Waals surface area contributed by atoms with E-state index >= 15 is 0 Å². The molecule has 0 bridgehead atoms. The number of ether oxygens (including phenoxy) is 2. The minimum Gasteiger partial charge on any atom is -0.508 e. The number of phenolic OH excluding ortho intramolecular Hbond substituents is 2. The highest BCUT2D eigenvalue weighted by Crippen LogP contribution is 2.33. The zero-order valence-corrected chi connectivity index (χ0v) is 18.4. The summed E-state index contributed by atoms with van der Waals surface area (Å²) in [6, 6.07) is 11.8. The maximum Gasteiger partial charge on any atom is 0.335 e. The van der Waals surface area contributed by atoms with Crippen LogP contribution in [0.2, 0.25) is 0 Å². The van der Waals surface area contributed by atoms with Gasteiger partial charge in [0.25, 0.3) is 0 Å². The molecule has 35 heavy (non-hydrogen) atoms. The molecule has 1 aliphatic carbocycles. The van der Waals surface area contributed by atoms with E-state index in [1.807, 2.05) is 0 Å². The van der Waals surface area contributed by atoms with Crippen LogP contribution in [0.15, 0.2) is 60.7 Å². The Morgan fingerprint density at radius 2 is 1.26 bits per heavy atom. The largest absolute Gasteiger partial charge is 0.508 e. The molecule has 4 atom stereocenters. The van der Waals surface area contributed by atoms with Gasteiger partial charge >= 0.3 is 17.9 Å². The van der Waals surface area contributed by atoms with Crippen molar-refractivity contribution in [3.8, 4) is 11.5 Å². The maximum atomic E-state index is 12.4. The Morgan fingerprint density at radius 3 is 1.71 bits per heavy atom. The molecule has 2 aromatic carbocycles. The lowest BCUT2D eigenvalue weighted by atomic mass is 9.79. The van der Waals surface area contributed by atoms with Crippen molar-refractivity contribution in [1.82, 2.24) is 0 Å². The fraction of sp³-hybridized carbons (Fsp3) is 0.240. The average Bonchev–Trinajstić information content (AvgIpc) is 2.80. The monoisotopic (exact) mass is 484 g/mol. The number of aliphatic carboxylic acids is 1. The zero-order valence-electron chi connectivity index (χ0n) is 18.4. The van der Waals surface area contributed by atoms with Crippen molar-refractivity contribution < 1.29 is 49.4 Å². The highest BCUT2D eigenvalue weighted by Gasteiger charge is 2.52. The molecule has 5 N–H and O–H groups in total. The van der Waals surface area contributed by atoms with E-state index in [1.165, 1.54) is 48.6 Å². The predicted octanol–water partition coefficient (Wildman–Crippen LogP) is 1.62. The first-order chi connectivity index (χ1) is 16.6. The van der Waals surface area contributed by atoms with Crippen molar-refractivity contribution in [1.29, 1.82) is 0 Å². The van der Waals surface area contributed by atoms with Gasteiger partial charge in [-0.2, -0.15) is 0 Å². The number of rotatable bonds is 7. The molecule has 1 aliphatic rings. The Hall–Kier alpha value is -4.15. The van der Waals surface area contributed by atoms with Crippen LogP contribution in [-0.2, 0) is 23.9 Å². The molecule has 184 valence electrons. The molecule has 0 radical (unpaired) electrons. The molecule has 0 aromatic heterocycles. The van der Waals surface area contributed by atoms with Crippen molar-refractivity contribution in [2.75, 3.05) is 0 Å². The van der Waals surface area contributed by atoms with Crippen LogP contribution in [0.1, 0.15) is 24.0 Å². The summed E-state index contributed by atoms with van der Waals surface area (Å²) in [5.41, 5.74) is -1.25. The molecule has 1 saturated carbocycles. The highest BCUT2D eigenvalue weighted by molar-refractivity contribution is 5.88. The second kappa shape index (κ2) is 10.9. The molecule has 10 nitrogen and oxygen atoms in total. The van der Waals surface area contributed by atoms with Crippen LogP contribution in [0.25, 0.3) is 12.2 Å². The van der Waals surface area contributed by atoms with E-state index in [2.05, 4.69) is 0 Å². The first-order valence-electron chi connectivity index (χ1n) is 10.5. The number of carboxylic acid groups (broad SMARTS) is 1. The van der Waals surface area contributed by atoms with Gasteiger partial charge in [0.15, 0.2) is 11.7 Å². The third kappa shape index (κ3) is 6.92. The molecule has 0 unspecified atom stereocenters. The summed E-state index contributed by atoms with van der Waals surface area (Å²) in [5, 5.41) is 48.8. The minimum atomic E-state index is -2.39. The topological polar surface area (TPSA) is 171 Å². The molecule has 0 saturated heterocycles. The smallest absolute Gasteiger partial charge is 0.335 e. The molecule has 0 spiro atoms. The van der Waals surface area contributed by atoms with Crippen LogP contribution in [0.4, 0.5) is 0 Å². The quantitative estimate of drug-likeness (QED) is 0.287. The predicted molar refractivity (Wildman–Crippen MR) is 122 cm³/mol. The number of aliphatic hydroxyl groups excluding tert-OH is 1. The number of aromatic hydroxyl groups is 2. The Labute approximate surface area is 200 Å². The van der Waals surface area contributed by atoms with E-state index in [9.17, 15) is 39.9 Å². The van der Waals surface area contributed by atoms with E-state index < -0.39 is 54.7 Å². The van der Waals surface area contributed by atoms with Gasteiger partial charge in [-0.3, -0.25) is 0 Å². The number of carboxylic acids is 1. The van der Waals surface area contributed by atoms with Gasteiger partial charge in [0.2, 0.25) is 0 Å². The average molecular weight is 484 g/mol. The third-order valence-electron chi connectivity index (χ3n) is 5.36. The van der Waals surface area contributed by atoms with Gasteiger partial charge < -0.3 is 35.0 Å². The number of aliphatic hydroxyl groups is 2.